The number of nitrogens with one attached hydrogen (secondary N) is 1. The summed E-state index contributed by atoms with van der Waals surface area (Å²) in [6.45, 7) is 1.66. The number of hydrogen-bond donors (Lipinski definition) is 1. The van der Waals surface area contributed by atoms with Gasteiger partial charge in [0.25, 0.3) is 5.56 Å². The van der Waals surface area contributed by atoms with E-state index in [1.807, 2.05) is 24.3 Å². The van der Waals surface area contributed by atoms with Gasteiger partial charge in [-0.25, -0.2) is 4.68 Å². The number of carbonyl (C=O) groups is 2. The fourth-order valence-corrected chi connectivity index (χ4v) is 3.74. The highest BCUT2D eigenvalue weighted by Crippen LogP contribution is 2.21. The van der Waals surface area contributed by atoms with Crippen molar-refractivity contribution in [1.29, 1.82) is 0 Å². The number of carbonyl (C=O) groups excluding carboxylic acids is 2. The van der Waals surface area contributed by atoms with E-state index in [2.05, 4.69) is 15.3 Å². The molecule has 1 N–H and O–H groups in total. The fourth-order valence-electron chi connectivity index (χ4n) is 3.74. The Morgan fingerprint density at radius 1 is 0.967 bits per heavy atom. The van der Waals surface area contributed by atoms with Crippen LogP contribution in [0.25, 0.3) is 10.8 Å². The molecule has 8 heteroatoms. The summed E-state index contributed by atoms with van der Waals surface area (Å²) in [5, 5.41) is 18.3. The molecule has 0 saturated carbocycles. The van der Waals surface area contributed by atoms with Crippen molar-refractivity contribution in [3.8, 4) is 0 Å². The van der Waals surface area contributed by atoms with Crippen molar-refractivity contribution >= 4 is 34.0 Å². The Labute approximate surface area is 172 Å². The maximum atomic E-state index is 12.6. The number of amides is 1. The van der Waals surface area contributed by atoms with Crippen molar-refractivity contribution in [1.82, 2.24) is 9.78 Å². The number of piperidine rings is 1. The molecule has 3 aromatic rings. The van der Waals surface area contributed by atoms with Gasteiger partial charge in [-0.15, -0.1) is 0 Å². The molecule has 2 aromatic carbocycles. The number of anilines is 2. The first-order valence-electron chi connectivity index (χ1n) is 9.89. The molecular weight excluding hydrogens is 384 g/mol. The second kappa shape index (κ2) is 8.36. The lowest BCUT2D eigenvalue weighted by Crippen LogP contribution is -2.34. The average molecular weight is 405 g/mol. The van der Waals surface area contributed by atoms with Crippen molar-refractivity contribution in [2.24, 2.45) is 0 Å². The summed E-state index contributed by atoms with van der Waals surface area (Å²) in [7, 11) is 0. The van der Waals surface area contributed by atoms with Crippen LogP contribution in [0.2, 0.25) is 0 Å². The summed E-state index contributed by atoms with van der Waals surface area (Å²) in [5.41, 5.74) is 0.795. The van der Waals surface area contributed by atoms with Crippen LogP contribution in [0.1, 0.15) is 29.8 Å². The molecular formula is C22H21N4O4-. The lowest BCUT2D eigenvalue weighted by molar-refractivity contribution is -0.255. The molecule has 154 valence electrons. The van der Waals surface area contributed by atoms with Crippen molar-refractivity contribution in [2.75, 3.05) is 23.3 Å². The molecule has 2 heterocycles. The molecule has 1 aliphatic heterocycles. The van der Waals surface area contributed by atoms with Crippen LogP contribution in [0, 0.1) is 0 Å². The van der Waals surface area contributed by atoms with Crippen LogP contribution >= 0.6 is 0 Å². The topological polar surface area (TPSA) is 107 Å². The molecule has 1 aliphatic rings. The van der Waals surface area contributed by atoms with Crippen molar-refractivity contribution in [3.63, 3.8) is 0 Å². The van der Waals surface area contributed by atoms with Gasteiger partial charge in [0.1, 0.15) is 12.2 Å². The van der Waals surface area contributed by atoms with E-state index in [0.29, 0.717) is 5.69 Å². The number of benzene rings is 2. The highest BCUT2D eigenvalue weighted by atomic mass is 16.4. The number of nitrogens with zero attached hydrogens (tertiary/aromatic N) is 3. The SMILES string of the molecule is O=C(Cn1nc(C(=O)[O-])c2ccccc2c1=O)Nc1ccc(N2CCCCC2)cc1. The van der Waals surface area contributed by atoms with Crippen LogP contribution in [0.4, 0.5) is 11.4 Å². The maximum absolute atomic E-state index is 12.6. The number of fused-ring (bicyclic) bond motifs is 1. The molecule has 8 nitrogen and oxygen atoms in total. The Balaban J connectivity index is 1.51. The van der Waals surface area contributed by atoms with Gasteiger partial charge in [-0.1, -0.05) is 18.2 Å². The predicted octanol–water partition coefficient (Wildman–Crippen LogP) is 1.39. The lowest BCUT2D eigenvalue weighted by atomic mass is 10.1. The van der Waals surface area contributed by atoms with Crippen LogP contribution in [-0.4, -0.2) is 34.7 Å². The van der Waals surface area contributed by atoms with E-state index in [1.165, 1.54) is 31.4 Å². The zero-order valence-corrected chi connectivity index (χ0v) is 16.3. The summed E-state index contributed by atoms with van der Waals surface area (Å²) in [5.74, 6) is -1.98. The summed E-state index contributed by atoms with van der Waals surface area (Å²) in [4.78, 5) is 38.8. The third-order valence-electron chi connectivity index (χ3n) is 5.23. The molecule has 1 aromatic heterocycles. The monoisotopic (exact) mass is 405 g/mol. The van der Waals surface area contributed by atoms with Gasteiger partial charge >= 0.3 is 0 Å². The predicted molar refractivity (Wildman–Crippen MR) is 111 cm³/mol. The standard InChI is InChI=1S/C22H22N4O4/c27-19(23-15-8-10-16(11-9-15)25-12-4-1-5-13-25)14-26-21(28)18-7-3-2-6-17(18)20(24-26)22(29)30/h2-3,6-11H,1,4-5,12-14H2,(H,23,27)(H,29,30)/p-1. The van der Waals surface area contributed by atoms with Gasteiger partial charge in [-0.3, -0.25) is 9.59 Å². The van der Waals surface area contributed by atoms with Crippen molar-refractivity contribution < 1.29 is 14.7 Å². The third-order valence-corrected chi connectivity index (χ3v) is 5.23. The van der Waals surface area contributed by atoms with E-state index >= 15 is 0 Å². The van der Waals surface area contributed by atoms with Crippen molar-refractivity contribution in [2.45, 2.75) is 25.8 Å². The van der Waals surface area contributed by atoms with Gasteiger partial charge in [0, 0.05) is 29.9 Å². The van der Waals surface area contributed by atoms with Gasteiger partial charge in [-0.05, 0) is 49.6 Å². The molecule has 0 unspecified atom stereocenters. The van der Waals surface area contributed by atoms with Crippen LogP contribution < -0.4 is 20.9 Å². The molecule has 0 radical (unpaired) electrons. The Morgan fingerprint density at radius 2 is 1.63 bits per heavy atom. The minimum atomic E-state index is -1.51. The van der Waals surface area contributed by atoms with Gasteiger partial charge in [0.15, 0.2) is 0 Å². The highest BCUT2D eigenvalue weighted by molar-refractivity contribution is 6.00. The number of rotatable bonds is 5. The second-order valence-corrected chi connectivity index (χ2v) is 7.29. The van der Waals surface area contributed by atoms with Gasteiger partial charge in [0.05, 0.1) is 11.4 Å². The minimum absolute atomic E-state index is 0.172. The van der Waals surface area contributed by atoms with E-state index in [1.54, 1.807) is 12.1 Å². The number of aromatic carboxylic acids is 1. The molecule has 1 saturated heterocycles. The summed E-state index contributed by atoms with van der Waals surface area (Å²) in [6.07, 6.45) is 3.62. The Hall–Kier alpha value is -3.68. The molecule has 30 heavy (non-hydrogen) atoms. The number of carboxylic acid groups (broad SMARTS) is 1. The minimum Gasteiger partial charge on any atom is -0.543 e. The fraction of sp³-hybridized carbons (Fsp3) is 0.273. The molecule has 4 rings (SSSR count). The number of carboxylic acids is 1. The third kappa shape index (κ3) is 4.03. The first-order valence-corrected chi connectivity index (χ1v) is 9.89. The normalized spacial score (nSPS) is 13.9. The molecule has 1 fully saturated rings. The Bertz CT molecular complexity index is 1150. The van der Waals surface area contributed by atoms with E-state index in [0.717, 1.165) is 23.5 Å². The van der Waals surface area contributed by atoms with Crippen LogP contribution in [0.5, 0.6) is 0 Å². The quantitative estimate of drug-likeness (QED) is 0.687. The Kier molecular flexibility index (Phi) is 5.47. The first kappa shape index (κ1) is 19.6. The Morgan fingerprint density at radius 3 is 2.30 bits per heavy atom. The molecule has 0 spiro atoms. The second-order valence-electron chi connectivity index (χ2n) is 7.29. The van der Waals surface area contributed by atoms with Crippen molar-refractivity contribution in [3.05, 3.63) is 64.6 Å². The lowest BCUT2D eigenvalue weighted by Gasteiger charge is -2.28. The van der Waals surface area contributed by atoms with Gasteiger partial charge in [-0.2, -0.15) is 5.10 Å². The maximum Gasteiger partial charge on any atom is 0.275 e. The molecule has 0 atom stereocenters. The first-order chi connectivity index (χ1) is 14.5. The van der Waals surface area contributed by atoms with Crippen LogP contribution in [0.3, 0.4) is 0 Å². The summed E-state index contributed by atoms with van der Waals surface area (Å²) >= 11 is 0. The van der Waals surface area contributed by atoms with E-state index < -0.39 is 24.0 Å². The highest BCUT2D eigenvalue weighted by Gasteiger charge is 2.14. The number of aromatic nitrogens is 2. The van der Waals surface area contributed by atoms with Gasteiger partial charge < -0.3 is 20.1 Å². The molecule has 0 bridgehead atoms. The number of hydrogen-bond acceptors (Lipinski definition) is 6. The molecule has 1 amide bonds. The average Bonchev–Trinajstić information content (AvgIpc) is 2.76. The van der Waals surface area contributed by atoms with Crippen LogP contribution in [-0.2, 0) is 11.3 Å². The van der Waals surface area contributed by atoms with E-state index in [-0.39, 0.29) is 16.5 Å². The zero-order chi connectivity index (χ0) is 21.1. The molecule has 0 aliphatic carbocycles. The summed E-state index contributed by atoms with van der Waals surface area (Å²) in [6, 6.07) is 13.8. The zero-order valence-electron chi connectivity index (χ0n) is 16.3. The van der Waals surface area contributed by atoms with E-state index in [4.69, 9.17) is 0 Å². The summed E-state index contributed by atoms with van der Waals surface area (Å²) < 4.78 is 0.852. The smallest absolute Gasteiger partial charge is 0.275 e. The largest absolute Gasteiger partial charge is 0.543 e. The van der Waals surface area contributed by atoms with Gasteiger partial charge in [0.2, 0.25) is 5.91 Å². The van der Waals surface area contributed by atoms with Crippen LogP contribution in [0.15, 0.2) is 53.3 Å². The van der Waals surface area contributed by atoms with E-state index in [9.17, 15) is 19.5 Å².